The van der Waals surface area contributed by atoms with Gasteiger partial charge in [0.2, 0.25) is 0 Å². The second-order valence-electron chi connectivity index (χ2n) is 4.57. The van der Waals surface area contributed by atoms with Gasteiger partial charge in [-0.3, -0.25) is 4.57 Å². The Hall–Kier alpha value is -1.34. The molecule has 0 fully saturated rings. The van der Waals surface area contributed by atoms with Gasteiger partial charge in [0.25, 0.3) is 0 Å². The molecule has 0 radical (unpaired) electrons. The predicted octanol–water partition coefficient (Wildman–Crippen LogP) is 2.70. The van der Waals surface area contributed by atoms with E-state index in [0.717, 1.165) is 12.8 Å². The Morgan fingerprint density at radius 1 is 1.45 bits per heavy atom. The second-order valence-corrected chi connectivity index (χ2v) is 5.95. The third-order valence-corrected chi connectivity index (χ3v) is 3.66. The van der Waals surface area contributed by atoms with Crippen molar-refractivity contribution in [1.82, 2.24) is 24.7 Å². The molecule has 0 aliphatic carbocycles. The minimum Gasteiger partial charge on any atom is -0.267 e. The molecule has 0 aliphatic rings. The lowest BCUT2D eigenvalue weighted by Gasteiger charge is -2.08. The Labute approximate surface area is 126 Å². The van der Waals surface area contributed by atoms with Crippen molar-refractivity contribution in [2.45, 2.75) is 49.8 Å². The molecule has 0 spiro atoms. The van der Waals surface area contributed by atoms with E-state index in [-0.39, 0.29) is 11.7 Å². The van der Waals surface area contributed by atoms with Gasteiger partial charge in [-0.05, 0) is 32.0 Å². The Bertz CT molecular complexity index is 652. The highest BCUT2D eigenvalue weighted by atomic mass is 35.5. The molecule has 0 atom stereocenters. The predicted molar refractivity (Wildman–Crippen MR) is 78.4 cm³/mol. The molecule has 0 bridgehead atoms. The lowest BCUT2D eigenvalue weighted by molar-refractivity contribution is 0.534. The summed E-state index contributed by atoms with van der Waals surface area (Å²) in [6, 6.07) is 1.70. The van der Waals surface area contributed by atoms with Crippen LogP contribution in [-0.2, 0) is 6.42 Å². The minimum absolute atomic E-state index is 0.0242. The molecule has 6 nitrogen and oxygen atoms in total. The summed E-state index contributed by atoms with van der Waals surface area (Å²) in [6.45, 7) is 5.91. The fraction of sp³-hybridized carbons (Fsp3) is 0.500. The number of aromatic amines is 1. The summed E-state index contributed by atoms with van der Waals surface area (Å²) < 4.78 is 1.58. The molecule has 1 N–H and O–H groups in total. The van der Waals surface area contributed by atoms with Crippen LogP contribution in [0.2, 0.25) is 5.15 Å². The van der Waals surface area contributed by atoms with Crippen LogP contribution in [0, 0.1) is 0 Å². The summed E-state index contributed by atoms with van der Waals surface area (Å²) in [5, 5.41) is 8.14. The van der Waals surface area contributed by atoms with Crippen molar-refractivity contribution in [3.8, 4) is 0 Å². The molecule has 0 aromatic carbocycles. The molecule has 2 rings (SSSR count). The number of nitrogens with zero attached hydrogens (tertiary/aromatic N) is 4. The Morgan fingerprint density at radius 2 is 2.20 bits per heavy atom. The van der Waals surface area contributed by atoms with Crippen LogP contribution >= 0.6 is 23.4 Å². The fourth-order valence-corrected chi connectivity index (χ4v) is 3.00. The van der Waals surface area contributed by atoms with Crippen LogP contribution < -0.4 is 5.69 Å². The molecule has 2 aromatic rings. The molecular weight excluding hydrogens is 298 g/mol. The highest BCUT2D eigenvalue weighted by Crippen LogP contribution is 2.26. The average Bonchev–Trinajstić information content (AvgIpc) is 2.70. The summed E-state index contributed by atoms with van der Waals surface area (Å²) in [4.78, 5) is 20.3. The van der Waals surface area contributed by atoms with Crippen LogP contribution in [0.15, 0.2) is 21.0 Å². The topological polar surface area (TPSA) is 76.5 Å². The molecule has 20 heavy (non-hydrogen) atoms. The lowest BCUT2D eigenvalue weighted by Crippen LogP contribution is -2.19. The smallest absolute Gasteiger partial charge is 0.267 e. The van der Waals surface area contributed by atoms with Crippen molar-refractivity contribution < 1.29 is 0 Å². The van der Waals surface area contributed by atoms with Crippen LogP contribution in [0.3, 0.4) is 0 Å². The Balaban J connectivity index is 2.32. The Kier molecular flexibility index (Phi) is 4.82. The second kappa shape index (κ2) is 6.41. The van der Waals surface area contributed by atoms with Gasteiger partial charge in [0.05, 0.1) is 0 Å². The average molecular weight is 314 g/mol. The van der Waals surface area contributed by atoms with E-state index < -0.39 is 0 Å². The van der Waals surface area contributed by atoms with Crippen molar-refractivity contribution in [1.29, 1.82) is 0 Å². The van der Waals surface area contributed by atoms with E-state index >= 15 is 0 Å². The first-order valence-corrected chi connectivity index (χ1v) is 7.59. The molecule has 0 amide bonds. The molecule has 0 saturated heterocycles. The summed E-state index contributed by atoms with van der Waals surface area (Å²) in [5.74, 6) is 0.705. The van der Waals surface area contributed by atoms with Crippen LogP contribution in [-0.4, -0.2) is 24.7 Å². The Morgan fingerprint density at radius 3 is 2.85 bits per heavy atom. The van der Waals surface area contributed by atoms with Crippen molar-refractivity contribution in [2.75, 3.05) is 0 Å². The summed E-state index contributed by atoms with van der Waals surface area (Å²) in [6.07, 6.45) is 1.72. The van der Waals surface area contributed by atoms with Crippen LogP contribution in [0.5, 0.6) is 0 Å². The molecular formula is C12H16ClN5OS. The van der Waals surface area contributed by atoms with Gasteiger partial charge in [-0.25, -0.2) is 19.9 Å². The molecule has 8 heteroatoms. The van der Waals surface area contributed by atoms with Gasteiger partial charge >= 0.3 is 5.69 Å². The summed E-state index contributed by atoms with van der Waals surface area (Å²) in [7, 11) is 0. The first-order valence-electron chi connectivity index (χ1n) is 6.39. The number of nitrogens with one attached hydrogen (secondary N) is 1. The third kappa shape index (κ3) is 3.40. The number of aryl methyl sites for hydroxylation is 1. The largest absolute Gasteiger partial charge is 0.344 e. The lowest BCUT2D eigenvalue weighted by atomic mass is 10.3. The van der Waals surface area contributed by atoms with Crippen LogP contribution in [0.4, 0.5) is 0 Å². The number of hydrogen-bond acceptors (Lipinski definition) is 5. The minimum atomic E-state index is -0.226. The molecule has 0 unspecified atom stereocenters. The molecule has 2 aromatic heterocycles. The van der Waals surface area contributed by atoms with E-state index in [0.29, 0.717) is 21.2 Å². The number of aromatic nitrogens is 5. The molecule has 0 aliphatic heterocycles. The van der Waals surface area contributed by atoms with Gasteiger partial charge in [-0.15, -0.1) is 5.10 Å². The quantitative estimate of drug-likeness (QED) is 0.859. The van der Waals surface area contributed by atoms with Crippen molar-refractivity contribution in [2.24, 2.45) is 0 Å². The number of rotatable bonds is 5. The van der Waals surface area contributed by atoms with Gasteiger partial charge in [0.15, 0.2) is 5.16 Å². The van der Waals surface area contributed by atoms with Gasteiger partial charge in [-0.2, -0.15) is 0 Å². The van der Waals surface area contributed by atoms with E-state index in [1.54, 1.807) is 10.6 Å². The van der Waals surface area contributed by atoms with Crippen molar-refractivity contribution in [3.63, 3.8) is 0 Å². The zero-order chi connectivity index (χ0) is 14.7. The van der Waals surface area contributed by atoms with Crippen LogP contribution in [0.1, 0.15) is 39.1 Å². The number of hydrogen-bond donors (Lipinski definition) is 1. The molecule has 108 valence electrons. The van der Waals surface area contributed by atoms with E-state index in [4.69, 9.17) is 11.6 Å². The molecule has 2 heterocycles. The van der Waals surface area contributed by atoms with E-state index in [1.165, 1.54) is 11.8 Å². The molecule has 0 saturated carbocycles. The zero-order valence-electron chi connectivity index (χ0n) is 11.6. The normalized spacial score (nSPS) is 11.2. The number of H-pyrrole nitrogens is 1. The fourth-order valence-electron chi connectivity index (χ4n) is 1.74. The standard InChI is InChI=1S/C12H16ClN5OS/c1-4-5-9-14-8(13)6-10(15-9)20-12-17-16-11(19)18(12)7(2)3/h6-7H,4-5H2,1-3H3,(H,16,19). The summed E-state index contributed by atoms with van der Waals surface area (Å²) >= 11 is 7.30. The SMILES string of the molecule is CCCc1nc(Cl)cc(Sc2n[nH]c(=O)n2C(C)C)n1. The maximum atomic E-state index is 11.7. The summed E-state index contributed by atoms with van der Waals surface area (Å²) in [5.41, 5.74) is -0.226. The first kappa shape index (κ1) is 15.1. The third-order valence-electron chi connectivity index (χ3n) is 2.58. The zero-order valence-corrected chi connectivity index (χ0v) is 13.1. The van der Waals surface area contributed by atoms with Gasteiger partial charge in [0, 0.05) is 18.5 Å². The highest BCUT2D eigenvalue weighted by molar-refractivity contribution is 7.99. The van der Waals surface area contributed by atoms with E-state index in [9.17, 15) is 4.79 Å². The van der Waals surface area contributed by atoms with Crippen molar-refractivity contribution >= 4 is 23.4 Å². The number of halogens is 1. The van der Waals surface area contributed by atoms with E-state index in [1.807, 2.05) is 13.8 Å². The monoisotopic (exact) mass is 313 g/mol. The highest BCUT2D eigenvalue weighted by Gasteiger charge is 2.14. The van der Waals surface area contributed by atoms with E-state index in [2.05, 4.69) is 27.1 Å². The maximum Gasteiger partial charge on any atom is 0.344 e. The van der Waals surface area contributed by atoms with Crippen molar-refractivity contribution in [3.05, 3.63) is 27.5 Å². The van der Waals surface area contributed by atoms with Gasteiger partial charge in [-0.1, -0.05) is 18.5 Å². The van der Waals surface area contributed by atoms with Gasteiger partial charge in [0.1, 0.15) is 16.0 Å². The maximum absolute atomic E-state index is 11.7. The first-order chi connectivity index (χ1) is 9.51. The van der Waals surface area contributed by atoms with Gasteiger partial charge < -0.3 is 0 Å². The van der Waals surface area contributed by atoms with Crippen LogP contribution in [0.25, 0.3) is 0 Å².